The number of nitrogens with zero attached hydrogens (tertiary/aromatic N) is 1. The molecule has 1 aromatic rings. The summed E-state index contributed by atoms with van der Waals surface area (Å²) >= 11 is 0. The molecule has 0 saturated heterocycles. The fourth-order valence-electron chi connectivity index (χ4n) is 4.53. The van der Waals surface area contributed by atoms with E-state index in [2.05, 4.69) is 10.6 Å². The van der Waals surface area contributed by atoms with Crippen molar-refractivity contribution in [2.24, 2.45) is 5.92 Å². The van der Waals surface area contributed by atoms with Crippen molar-refractivity contribution in [3.8, 4) is 11.5 Å². The van der Waals surface area contributed by atoms with Crippen LogP contribution in [0.3, 0.4) is 0 Å². The Morgan fingerprint density at radius 2 is 1.61 bits per heavy atom. The SMILES string of the molecule is COc1cc2c(cc1OC)CN(C(=O)N[C@H](C(=O)NC1CCCCCC1)C(C)C)CC2. The van der Waals surface area contributed by atoms with Gasteiger partial charge in [0.15, 0.2) is 11.5 Å². The summed E-state index contributed by atoms with van der Waals surface area (Å²) in [6.07, 6.45) is 7.59. The quantitative estimate of drug-likeness (QED) is 0.674. The van der Waals surface area contributed by atoms with Crippen molar-refractivity contribution in [1.82, 2.24) is 15.5 Å². The molecular weight excluding hydrogens is 394 g/mol. The molecule has 7 nitrogen and oxygen atoms in total. The van der Waals surface area contributed by atoms with E-state index in [0.29, 0.717) is 24.6 Å². The van der Waals surface area contributed by atoms with Crippen LogP contribution in [0.2, 0.25) is 0 Å². The van der Waals surface area contributed by atoms with Gasteiger partial charge < -0.3 is 25.0 Å². The Morgan fingerprint density at radius 1 is 1.00 bits per heavy atom. The van der Waals surface area contributed by atoms with Crippen molar-refractivity contribution >= 4 is 11.9 Å². The Balaban J connectivity index is 1.64. The number of benzene rings is 1. The Morgan fingerprint density at radius 3 is 2.19 bits per heavy atom. The molecule has 7 heteroatoms. The average molecular weight is 432 g/mol. The van der Waals surface area contributed by atoms with Gasteiger partial charge in [0.1, 0.15) is 6.04 Å². The predicted octanol–water partition coefficient (Wildman–Crippen LogP) is 3.64. The Hall–Kier alpha value is -2.44. The third-order valence-corrected chi connectivity index (χ3v) is 6.43. The maximum Gasteiger partial charge on any atom is 0.318 e. The molecule has 31 heavy (non-hydrogen) atoms. The summed E-state index contributed by atoms with van der Waals surface area (Å²) in [5.41, 5.74) is 2.20. The van der Waals surface area contributed by atoms with E-state index in [9.17, 15) is 9.59 Å². The summed E-state index contributed by atoms with van der Waals surface area (Å²) in [7, 11) is 3.23. The zero-order valence-electron chi connectivity index (χ0n) is 19.3. The molecule has 1 atom stereocenters. The molecule has 0 aromatic heterocycles. The van der Waals surface area contributed by atoms with Crippen LogP contribution >= 0.6 is 0 Å². The van der Waals surface area contributed by atoms with Crippen LogP contribution in [0.15, 0.2) is 12.1 Å². The molecule has 2 aliphatic rings. The largest absolute Gasteiger partial charge is 0.493 e. The highest BCUT2D eigenvalue weighted by Crippen LogP contribution is 2.33. The number of ether oxygens (including phenoxy) is 2. The lowest BCUT2D eigenvalue weighted by molar-refractivity contribution is -0.124. The smallest absolute Gasteiger partial charge is 0.318 e. The number of urea groups is 1. The molecule has 1 aliphatic carbocycles. The van der Waals surface area contributed by atoms with E-state index in [1.54, 1.807) is 19.1 Å². The average Bonchev–Trinajstić information content (AvgIpc) is 3.04. The van der Waals surface area contributed by atoms with Gasteiger partial charge in [-0.2, -0.15) is 0 Å². The third-order valence-electron chi connectivity index (χ3n) is 6.43. The molecule has 1 aromatic carbocycles. The van der Waals surface area contributed by atoms with Gasteiger partial charge in [0.05, 0.1) is 14.2 Å². The first kappa shape index (κ1) is 23.2. The normalized spacial score (nSPS) is 18.0. The van der Waals surface area contributed by atoms with E-state index in [0.717, 1.165) is 43.2 Å². The Labute approximate surface area is 185 Å². The molecule has 0 unspecified atom stereocenters. The van der Waals surface area contributed by atoms with Crippen molar-refractivity contribution in [3.05, 3.63) is 23.3 Å². The minimum atomic E-state index is -0.539. The number of fused-ring (bicyclic) bond motifs is 1. The van der Waals surface area contributed by atoms with E-state index in [1.807, 2.05) is 26.0 Å². The zero-order valence-corrected chi connectivity index (χ0v) is 19.3. The van der Waals surface area contributed by atoms with Crippen molar-refractivity contribution < 1.29 is 19.1 Å². The molecule has 3 rings (SSSR count). The molecular formula is C24H37N3O4. The van der Waals surface area contributed by atoms with Gasteiger partial charge in [0.25, 0.3) is 0 Å². The molecule has 1 saturated carbocycles. The summed E-state index contributed by atoms with van der Waals surface area (Å²) in [4.78, 5) is 27.8. The zero-order chi connectivity index (χ0) is 22.4. The summed E-state index contributed by atoms with van der Waals surface area (Å²) in [6, 6.07) is 3.41. The third kappa shape index (κ3) is 5.83. The van der Waals surface area contributed by atoms with Crippen LogP contribution in [0.5, 0.6) is 11.5 Å². The van der Waals surface area contributed by atoms with Crippen molar-refractivity contribution in [3.63, 3.8) is 0 Å². The van der Waals surface area contributed by atoms with Crippen LogP contribution in [-0.4, -0.2) is 49.7 Å². The lowest BCUT2D eigenvalue weighted by atomic mass is 9.98. The Kier molecular flexibility index (Phi) is 8.04. The van der Waals surface area contributed by atoms with Gasteiger partial charge in [-0.15, -0.1) is 0 Å². The minimum absolute atomic E-state index is 0.0103. The van der Waals surface area contributed by atoms with Crippen LogP contribution < -0.4 is 20.1 Å². The number of carbonyl (C=O) groups excluding carboxylic acids is 2. The van der Waals surface area contributed by atoms with Gasteiger partial charge in [0.2, 0.25) is 5.91 Å². The minimum Gasteiger partial charge on any atom is -0.493 e. The van der Waals surface area contributed by atoms with Crippen LogP contribution in [0.1, 0.15) is 63.5 Å². The molecule has 1 fully saturated rings. The highest BCUT2D eigenvalue weighted by atomic mass is 16.5. The molecule has 1 aliphatic heterocycles. The number of hydrogen-bond donors (Lipinski definition) is 2. The molecule has 2 N–H and O–H groups in total. The van der Waals surface area contributed by atoms with Gasteiger partial charge in [-0.05, 0) is 48.4 Å². The van der Waals surface area contributed by atoms with Gasteiger partial charge >= 0.3 is 6.03 Å². The maximum atomic E-state index is 13.0. The monoisotopic (exact) mass is 431 g/mol. The summed E-state index contributed by atoms with van der Waals surface area (Å²) in [5.74, 6) is 1.30. The number of hydrogen-bond acceptors (Lipinski definition) is 4. The van der Waals surface area contributed by atoms with E-state index < -0.39 is 6.04 Å². The fraction of sp³-hybridized carbons (Fsp3) is 0.667. The van der Waals surface area contributed by atoms with E-state index in [-0.39, 0.29) is 23.9 Å². The lowest BCUT2D eigenvalue weighted by Gasteiger charge is -2.32. The molecule has 0 bridgehead atoms. The van der Waals surface area contributed by atoms with Crippen LogP contribution in [0, 0.1) is 5.92 Å². The number of carbonyl (C=O) groups is 2. The van der Waals surface area contributed by atoms with E-state index in [1.165, 1.54) is 12.8 Å². The topological polar surface area (TPSA) is 79.9 Å². The first-order chi connectivity index (χ1) is 14.9. The first-order valence-corrected chi connectivity index (χ1v) is 11.5. The Bertz CT molecular complexity index is 772. The molecule has 0 spiro atoms. The second-order valence-corrected chi connectivity index (χ2v) is 9.02. The van der Waals surface area contributed by atoms with Gasteiger partial charge in [-0.3, -0.25) is 4.79 Å². The standard InChI is InChI=1S/C24H37N3O4/c1-16(2)22(23(28)25-19-9-7-5-6-8-10-19)26-24(29)27-12-11-17-13-20(30-3)21(31-4)14-18(17)15-27/h13-14,16,19,22H,5-12,15H2,1-4H3,(H,25,28)(H,26,29)/t22-/m0/s1. The van der Waals surface area contributed by atoms with Crippen molar-refractivity contribution in [2.75, 3.05) is 20.8 Å². The van der Waals surface area contributed by atoms with Gasteiger partial charge in [-0.1, -0.05) is 39.5 Å². The lowest BCUT2D eigenvalue weighted by Crippen LogP contribution is -2.55. The van der Waals surface area contributed by atoms with Crippen molar-refractivity contribution in [2.45, 2.75) is 77.4 Å². The number of nitrogens with one attached hydrogen (secondary N) is 2. The van der Waals surface area contributed by atoms with Crippen LogP contribution in [0.25, 0.3) is 0 Å². The van der Waals surface area contributed by atoms with Crippen LogP contribution in [0.4, 0.5) is 4.79 Å². The van der Waals surface area contributed by atoms with Gasteiger partial charge in [0, 0.05) is 19.1 Å². The van der Waals surface area contributed by atoms with E-state index in [4.69, 9.17) is 9.47 Å². The summed E-state index contributed by atoms with van der Waals surface area (Å²) in [5, 5.41) is 6.18. The maximum absolute atomic E-state index is 13.0. The van der Waals surface area contributed by atoms with E-state index >= 15 is 0 Å². The molecule has 3 amide bonds. The predicted molar refractivity (Wildman–Crippen MR) is 120 cm³/mol. The van der Waals surface area contributed by atoms with Crippen LogP contribution in [-0.2, 0) is 17.8 Å². The van der Waals surface area contributed by atoms with Gasteiger partial charge in [-0.25, -0.2) is 4.79 Å². The number of rotatable bonds is 6. The summed E-state index contributed by atoms with van der Waals surface area (Å²) in [6.45, 7) is 5.03. The number of methoxy groups -OCH3 is 2. The molecule has 0 radical (unpaired) electrons. The highest BCUT2D eigenvalue weighted by molar-refractivity contribution is 5.87. The highest BCUT2D eigenvalue weighted by Gasteiger charge is 2.30. The second kappa shape index (κ2) is 10.7. The fourth-order valence-corrected chi connectivity index (χ4v) is 4.53. The number of amides is 3. The van der Waals surface area contributed by atoms with Crippen molar-refractivity contribution in [1.29, 1.82) is 0 Å². The first-order valence-electron chi connectivity index (χ1n) is 11.5. The second-order valence-electron chi connectivity index (χ2n) is 9.02. The summed E-state index contributed by atoms with van der Waals surface area (Å²) < 4.78 is 10.8. The molecule has 172 valence electrons. The molecule has 1 heterocycles.